The van der Waals surface area contributed by atoms with Crippen molar-refractivity contribution in [1.82, 2.24) is 14.9 Å². The average molecular weight is 251 g/mol. The van der Waals surface area contributed by atoms with Gasteiger partial charge in [-0.05, 0) is 33.1 Å². The van der Waals surface area contributed by atoms with E-state index in [9.17, 15) is 4.79 Å². The zero-order valence-corrected chi connectivity index (χ0v) is 11.0. The fraction of sp³-hybridized carbons (Fsp3) is 0.692. The van der Waals surface area contributed by atoms with Gasteiger partial charge in [0.05, 0.1) is 18.5 Å². The highest BCUT2D eigenvalue weighted by Crippen LogP contribution is 2.29. The molecule has 1 N–H and O–H groups in total. The van der Waals surface area contributed by atoms with Crippen molar-refractivity contribution in [2.45, 2.75) is 51.3 Å². The third kappa shape index (κ3) is 3.32. The molecule has 1 aromatic rings. The van der Waals surface area contributed by atoms with Gasteiger partial charge in [0.15, 0.2) is 0 Å². The van der Waals surface area contributed by atoms with E-state index in [0.717, 1.165) is 19.3 Å². The average Bonchev–Trinajstić information content (AvgIpc) is 2.95. The minimum Gasteiger partial charge on any atom is -0.369 e. The molecule has 2 rings (SSSR count). The summed E-state index contributed by atoms with van der Waals surface area (Å²) in [4.78, 5) is 15.8. The van der Waals surface area contributed by atoms with Gasteiger partial charge in [0, 0.05) is 18.4 Å². The second-order valence-electron chi connectivity index (χ2n) is 5.04. The zero-order chi connectivity index (χ0) is 13.0. The summed E-state index contributed by atoms with van der Waals surface area (Å²) >= 11 is 0. The van der Waals surface area contributed by atoms with Gasteiger partial charge in [0.2, 0.25) is 5.91 Å². The van der Waals surface area contributed by atoms with Crippen LogP contribution in [0.5, 0.6) is 0 Å². The molecule has 1 saturated carbocycles. The number of hydrogen-bond acceptors (Lipinski definition) is 3. The molecular weight excluding hydrogens is 230 g/mol. The standard InChI is InChI=1S/C13H21N3O2/c1-10(2)18-8-13(17)15-11-4-3-5-12(11)16-7-6-14-9-16/h6-7,9-12H,3-5,8H2,1-2H3,(H,15,17). The van der Waals surface area contributed by atoms with Crippen LogP contribution in [-0.2, 0) is 9.53 Å². The molecule has 1 heterocycles. The van der Waals surface area contributed by atoms with Gasteiger partial charge < -0.3 is 14.6 Å². The summed E-state index contributed by atoms with van der Waals surface area (Å²) in [6.45, 7) is 4.00. The highest BCUT2D eigenvalue weighted by molar-refractivity contribution is 5.77. The molecule has 18 heavy (non-hydrogen) atoms. The number of carbonyl (C=O) groups is 1. The predicted octanol–water partition coefficient (Wildman–Crippen LogP) is 1.52. The number of amides is 1. The van der Waals surface area contributed by atoms with Crippen molar-refractivity contribution in [2.24, 2.45) is 0 Å². The number of imidazole rings is 1. The van der Waals surface area contributed by atoms with Crippen molar-refractivity contribution in [3.05, 3.63) is 18.7 Å². The van der Waals surface area contributed by atoms with Crippen LogP contribution in [0.4, 0.5) is 0 Å². The number of carbonyl (C=O) groups excluding carboxylic acids is 1. The molecule has 0 saturated heterocycles. The molecule has 2 atom stereocenters. The van der Waals surface area contributed by atoms with Crippen molar-refractivity contribution in [3.8, 4) is 0 Å². The first-order valence-corrected chi connectivity index (χ1v) is 6.55. The Balaban J connectivity index is 1.86. The highest BCUT2D eigenvalue weighted by atomic mass is 16.5. The highest BCUT2D eigenvalue weighted by Gasteiger charge is 2.29. The second-order valence-corrected chi connectivity index (χ2v) is 5.04. The topological polar surface area (TPSA) is 56.1 Å². The minimum absolute atomic E-state index is 0.0271. The molecule has 1 aromatic heterocycles. The zero-order valence-electron chi connectivity index (χ0n) is 11.0. The summed E-state index contributed by atoms with van der Waals surface area (Å²) < 4.78 is 7.39. The van der Waals surface area contributed by atoms with E-state index < -0.39 is 0 Å². The normalized spacial score (nSPS) is 23.5. The van der Waals surface area contributed by atoms with Crippen LogP contribution in [0.25, 0.3) is 0 Å². The maximum Gasteiger partial charge on any atom is 0.246 e. The molecule has 0 radical (unpaired) electrons. The Morgan fingerprint density at radius 3 is 3.06 bits per heavy atom. The van der Waals surface area contributed by atoms with E-state index in [1.807, 2.05) is 26.4 Å². The molecule has 0 aliphatic heterocycles. The Bertz CT molecular complexity index is 376. The SMILES string of the molecule is CC(C)OCC(=O)NC1CCCC1n1ccnc1. The second kappa shape index (κ2) is 6.00. The predicted molar refractivity (Wildman–Crippen MR) is 68.1 cm³/mol. The number of rotatable bonds is 5. The summed E-state index contributed by atoms with van der Waals surface area (Å²) in [5.41, 5.74) is 0. The molecule has 1 fully saturated rings. The van der Waals surface area contributed by atoms with Crippen LogP contribution in [0.15, 0.2) is 18.7 Å². The summed E-state index contributed by atoms with van der Waals surface area (Å²) in [5, 5.41) is 3.06. The van der Waals surface area contributed by atoms with Crippen LogP contribution < -0.4 is 5.32 Å². The Kier molecular flexibility index (Phi) is 4.36. The molecule has 2 unspecified atom stereocenters. The first kappa shape index (κ1) is 13.1. The van der Waals surface area contributed by atoms with Crippen molar-refractivity contribution in [2.75, 3.05) is 6.61 Å². The first-order chi connectivity index (χ1) is 8.66. The van der Waals surface area contributed by atoms with E-state index in [-0.39, 0.29) is 24.7 Å². The molecule has 1 aliphatic carbocycles. The Morgan fingerprint density at radius 1 is 1.56 bits per heavy atom. The van der Waals surface area contributed by atoms with Gasteiger partial charge in [-0.1, -0.05) is 0 Å². The molecule has 5 heteroatoms. The Labute approximate surface area is 108 Å². The number of nitrogens with one attached hydrogen (secondary N) is 1. The van der Waals surface area contributed by atoms with Crippen molar-refractivity contribution in [1.29, 1.82) is 0 Å². The van der Waals surface area contributed by atoms with Gasteiger partial charge >= 0.3 is 0 Å². The maximum absolute atomic E-state index is 11.8. The maximum atomic E-state index is 11.8. The van der Waals surface area contributed by atoms with Gasteiger partial charge in [-0.2, -0.15) is 0 Å². The fourth-order valence-corrected chi connectivity index (χ4v) is 2.42. The molecule has 1 amide bonds. The lowest BCUT2D eigenvalue weighted by Gasteiger charge is -2.22. The Morgan fingerprint density at radius 2 is 2.39 bits per heavy atom. The molecule has 0 spiro atoms. The van der Waals surface area contributed by atoms with Gasteiger partial charge in [-0.3, -0.25) is 4.79 Å². The smallest absolute Gasteiger partial charge is 0.246 e. The summed E-state index contributed by atoms with van der Waals surface area (Å²) in [5.74, 6) is -0.0271. The third-order valence-corrected chi connectivity index (χ3v) is 3.28. The van der Waals surface area contributed by atoms with Crippen molar-refractivity contribution in [3.63, 3.8) is 0 Å². The van der Waals surface area contributed by atoms with Crippen LogP contribution >= 0.6 is 0 Å². The van der Waals surface area contributed by atoms with Crippen LogP contribution in [0.2, 0.25) is 0 Å². The van der Waals surface area contributed by atoms with Crippen LogP contribution in [0, 0.1) is 0 Å². The first-order valence-electron chi connectivity index (χ1n) is 6.55. The fourth-order valence-electron chi connectivity index (χ4n) is 2.42. The lowest BCUT2D eigenvalue weighted by Crippen LogP contribution is -2.40. The molecule has 0 bridgehead atoms. The molecule has 5 nitrogen and oxygen atoms in total. The van der Waals surface area contributed by atoms with Crippen LogP contribution in [0.3, 0.4) is 0 Å². The lowest BCUT2D eigenvalue weighted by molar-refractivity contribution is -0.128. The van der Waals surface area contributed by atoms with Gasteiger partial charge in [0.25, 0.3) is 0 Å². The van der Waals surface area contributed by atoms with Crippen LogP contribution in [0.1, 0.15) is 39.2 Å². The Hall–Kier alpha value is -1.36. The number of ether oxygens (including phenoxy) is 1. The largest absolute Gasteiger partial charge is 0.369 e. The van der Waals surface area contributed by atoms with E-state index in [2.05, 4.69) is 14.9 Å². The summed E-state index contributed by atoms with van der Waals surface area (Å²) in [6.07, 6.45) is 8.89. The monoisotopic (exact) mass is 251 g/mol. The quantitative estimate of drug-likeness (QED) is 0.863. The number of hydrogen-bond donors (Lipinski definition) is 1. The lowest BCUT2D eigenvalue weighted by atomic mass is 10.1. The van der Waals surface area contributed by atoms with Gasteiger partial charge in [-0.15, -0.1) is 0 Å². The molecule has 100 valence electrons. The van der Waals surface area contributed by atoms with E-state index in [0.29, 0.717) is 6.04 Å². The molecule has 1 aliphatic rings. The van der Waals surface area contributed by atoms with Crippen molar-refractivity contribution >= 4 is 5.91 Å². The van der Waals surface area contributed by atoms with E-state index in [1.165, 1.54) is 0 Å². The summed E-state index contributed by atoms with van der Waals surface area (Å²) in [7, 11) is 0. The minimum atomic E-state index is -0.0271. The van der Waals surface area contributed by atoms with Gasteiger partial charge in [-0.25, -0.2) is 4.98 Å². The van der Waals surface area contributed by atoms with E-state index >= 15 is 0 Å². The van der Waals surface area contributed by atoms with Crippen molar-refractivity contribution < 1.29 is 9.53 Å². The van der Waals surface area contributed by atoms with E-state index in [1.54, 1.807) is 6.20 Å². The molecular formula is C13H21N3O2. The molecule has 0 aromatic carbocycles. The third-order valence-electron chi connectivity index (χ3n) is 3.28. The van der Waals surface area contributed by atoms with Crippen LogP contribution in [-0.4, -0.2) is 34.2 Å². The summed E-state index contributed by atoms with van der Waals surface area (Å²) in [6, 6.07) is 0.526. The number of aromatic nitrogens is 2. The number of nitrogens with zero attached hydrogens (tertiary/aromatic N) is 2. The van der Waals surface area contributed by atoms with E-state index in [4.69, 9.17) is 4.74 Å². The van der Waals surface area contributed by atoms with Gasteiger partial charge in [0.1, 0.15) is 6.61 Å².